The topological polar surface area (TPSA) is 191 Å². The fourth-order valence-electron chi connectivity index (χ4n) is 3.76. The maximum absolute atomic E-state index is 12.9. The number of Topliss-reactive ketones (excluding diaryl/α,β-unsaturated/α-hetero) is 1. The lowest BCUT2D eigenvalue weighted by atomic mass is 9.94. The minimum absolute atomic E-state index is 0.00964. The van der Waals surface area contributed by atoms with Crippen LogP contribution in [0, 0.1) is 5.92 Å². The fourth-order valence-corrected chi connectivity index (χ4v) is 3.76. The summed E-state index contributed by atoms with van der Waals surface area (Å²) in [5.41, 5.74) is 7.07. The van der Waals surface area contributed by atoms with Gasteiger partial charge in [0, 0.05) is 12.1 Å². The number of ether oxygens (including phenoxy) is 2. The summed E-state index contributed by atoms with van der Waals surface area (Å²) in [6, 6.07) is 7.94. The van der Waals surface area contributed by atoms with Crippen LogP contribution in [0.15, 0.2) is 48.6 Å². The molecule has 2 aromatic carbocycles. The quantitative estimate of drug-likeness (QED) is 0.0987. The van der Waals surface area contributed by atoms with E-state index in [1.165, 1.54) is 50.7 Å². The molecule has 0 radical (unpaired) electrons. The molecule has 2 rings (SSSR count). The minimum atomic E-state index is -1.43. The Morgan fingerprint density at radius 3 is 2.24 bits per heavy atom. The summed E-state index contributed by atoms with van der Waals surface area (Å²) in [5.74, 6) is -4.47. The Kier molecular flexibility index (Phi) is 12.8. The molecule has 5 N–H and O–H groups in total. The Hall–Kier alpha value is -5.10. The third kappa shape index (κ3) is 9.52. The molecule has 12 heteroatoms. The molecule has 2 atom stereocenters. The molecule has 0 heterocycles. The van der Waals surface area contributed by atoms with E-state index in [9.17, 15) is 33.9 Å². The number of carbonyl (C=O) groups excluding carboxylic acids is 6. The number of phenolic OH excluding ortho intramolecular Hbond substituents is 1. The average Bonchev–Trinajstić information content (AvgIpc) is 2.98. The summed E-state index contributed by atoms with van der Waals surface area (Å²) in [6.07, 6.45) is 4.45. The van der Waals surface area contributed by atoms with E-state index in [0.29, 0.717) is 11.1 Å². The van der Waals surface area contributed by atoms with Crippen LogP contribution in [0.2, 0.25) is 0 Å². The number of benzene rings is 2. The number of carbonyl (C=O) groups is 6. The van der Waals surface area contributed by atoms with E-state index < -0.39 is 54.0 Å². The van der Waals surface area contributed by atoms with Gasteiger partial charge in [-0.3, -0.25) is 28.8 Å². The van der Waals surface area contributed by atoms with Crippen LogP contribution in [-0.2, 0) is 28.8 Å². The second kappa shape index (κ2) is 16.2. The molecule has 0 aliphatic heterocycles. The van der Waals surface area contributed by atoms with Crippen molar-refractivity contribution in [3.8, 4) is 17.2 Å². The molecule has 222 valence electrons. The van der Waals surface area contributed by atoms with Gasteiger partial charge in [0.2, 0.25) is 17.6 Å². The molecule has 0 bridgehead atoms. The maximum atomic E-state index is 12.9. The van der Waals surface area contributed by atoms with Gasteiger partial charge in [-0.25, -0.2) is 0 Å². The van der Waals surface area contributed by atoms with Gasteiger partial charge < -0.3 is 30.9 Å². The lowest BCUT2D eigenvalue weighted by molar-refractivity contribution is -0.139. The summed E-state index contributed by atoms with van der Waals surface area (Å²) in [5, 5.41) is 14.7. The number of amides is 2. The zero-order chi connectivity index (χ0) is 31.2. The number of hydrogen-bond acceptors (Lipinski definition) is 10. The highest BCUT2D eigenvalue weighted by molar-refractivity contribution is 6.31. The van der Waals surface area contributed by atoms with Gasteiger partial charge in [-0.05, 0) is 55.3 Å². The number of methoxy groups -OCH3 is 2. The van der Waals surface area contributed by atoms with Crippen LogP contribution < -0.4 is 25.8 Å². The molecule has 2 amide bonds. The van der Waals surface area contributed by atoms with E-state index in [4.69, 9.17) is 15.2 Å². The number of allylic oxidation sites excluding steroid dienone is 2. The largest absolute Gasteiger partial charge is 0.504 e. The molecule has 42 heavy (non-hydrogen) atoms. The summed E-state index contributed by atoms with van der Waals surface area (Å²) >= 11 is 0. The Morgan fingerprint density at radius 1 is 0.952 bits per heavy atom. The highest BCUT2D eigenvalue weighted by Crippen LogP contribution is 2.30. The SMILES string of the molecule is CCNC(=O)C(C[C@H](N)C(=O)Nc1c(C=CC(=O)CC(=O)C=Cc2ccc(O)c(OC)c2)cccc1OC)C(=O)C=O. The van der Waals surface area contributed by atoms with E-state index >= 15 is 0 Å². The second-order valence-corrected chi connectivity index (χ2v) is 8.93. The van der Waals surface area contributed by atoms with Crippen molar-refractivity contribution < 1.29 is 43.3 Å². The molecule has 2 aromatic rings. The van der Waals surface area contributed by atoms with Crippen molar-refractivity contribution >= 4 is 53.3 Å². The van der Waals surface area contributed by atoms with E-state index in [-0.39, 0.29) is 35.8 Å². The van der Waals surface area contributed by atoms with Crippen LogP contribution in [0.25, 0.3) is 12.2 Å². The molecule has 0 fully saturated rings. The van der Waals surface area contributed by atoms with E-state index in [0.717, 1.165) is 0 Å². The van der Waals surface area contributed by atoms with Gasteiger partial charge in [-0.15, -0.1) is 0 Å². The van der Waals surface area contributed by atoms with Gasteiger partial charge in [0.05, 0.1) is 32.4 Å². The fraction of sp³-hybridized carbons (Fsp3) is 0.267. The van der Waals surface area contributed by atoms with E-state index in [1.54, 1.807) is 31.2 Å². The lowest BCUT2D eigenvalue weighted by Crippen LogP contribution is -2.44. The Bertz CT molecular complexity index is 1400. The molecule has 0 saturated heterocycles. The van der Waals surface area contributed by atoms with Gasteiger partial charge in [-0.1, -0.05) is 24.3 Å². The maximum Gasteiger partial charge on any atom is 0.241 e. The van der Waals surface area contributed by atoms with Crippen molar-refractivity contribution in [2.75, 3.05) is 26.1 Å². The standard InChI is InChI=1S/C30H33N3O9/c1-4-32-29(39)22(25(38)17-34)16-23(31)30(40)33-28-19(6-5-7-26(28)41-2)10-12-21(36)15-20(35)11-8-18-9-13-24(37)27(14-18)42-3/h5-14,17,22-23,37H,4,15-16,31H2,1-3H3,(H,32,39)(H,33,40)/t22?,23-/m0/s1. The van der Waals surface area contributed by atoms with Gasteiger partial charge in [-0.2, -0.15) is 0 Å². The second-order valence-electron chi connectivity index (χ2n) is 8.93. The number of para-hydroxylation sites is 1. The van der Waals surface area contributed by atoms with Crippen molar-refractivity contribution in [2.24, 2.45) is 11.7 Å². The third-order valence-corrected chi connectivity index (χ3v) is 5.94. The number of ketones is 3. The first-order valence-corrected chi connectivity index (χ1v) is 12.8. The zero-order valence-electron chi connectivity index (χ0n) is 23.4. The molecular formula is C30H33N3O9. The minimum Gasteiger partial charge on any atom is -0.504 e. The normalized spacial score (nSPS) is 12.4. The van der Waals surface area contributed by atoms with Crippen molar-refractivity contribution in [3.05, 3.63) is 59.7 Å². The van der Waals surface area contributed by atoms with Crippen molar-refractivity contribution in [2.45, 2.75) is 25.8 Å². The summed E-state index contributed by atoms with van der Waals surface area (Å²) in [4.78, 5) is 72.9. The molecule has 12 nitrogen and oxygen atoms in total. The number of aromatic hydroxyl groups is 1. The predicted molar refractivity (Wildman–Crippen MR) is 155 cm³/mol. The number of nitrogens with two attached hydrogens (primary N) is 1. The van der Waals surface area contributed by atoms with Crippen LogP contribution in [-0.4, -0.2) is 67.4 Å². The van der Waals surface area contributed by atoms with Gasteiger partial charge in [0.1, 0.15) is 11.7 Å². The predicted octanol–water partition coefficient (Wildman–Crippen LogP) is 1.84. The monoisotopic (exact) mass is 579 g/mol. The highest BCUT2D eigenvalue weighted by Gasteiger charge is 2.30. The molecule has 0 aliphatic carbocycles. The van der Waals surface area contributed by atoms with E-state index in [2.05, 4.69) is 10.6 Å². The number of phenols is 1. The molecule has 1 unspecified atom stereocenters. The Balaban J connectivity index is 2.14. The van der Waals surface area contributed by atoms with Crippen LogP contribution >= 0.6 is 0 Å². The number of nitrogens with one attached hydrogen (secondary N) is 2. The first kappa shape index (κ1) is 33.1. The van der Waals surface area contributed by atoms with Crippen molar-refractivity contribution in [1.29, 1.82) is 0 Å². The van der Waals surface area contributed by atoms with E-state index in [1.807, 2.05) is 0 Å². The number of anilines is 1. The summed E-state index contributed by atoms with van der Waals surface area (Å²) < 4.78 is 10.3. The van der Waals surface area contributed by atoms with Crippen LogP contribution in [0.4, 0.5) is 5.69 Å². The molecule has 0 aliphatic rings. The third-order valence-electron chi connectivity index (χ3n) is 5.94. The summed E-state index contributed by atoms with van der Waals surface area (Å²) in [6.45, 7) is 1.85. The van der Waals surface area contributed by atoms with Gasteiger partial charge in [0.25, 0.3) is 0 Å². The van der Waals surface area contributed by atoms with Crippen LogP contribution in [0.1, 0.15) is 30.9 Å². The molecule has 0 aromatic heterocycles. The van der Waals surface area contributed by atoms with Crippen molar-refractivity contribution in [1.82, 2.24) is 5.32 Å². The first-order valence-electron chi connectivity index (χ1n) is 12.8. The zero-order valence-corrected chi connectivity index (χ0v) is 23.4. The van der Waals surface area contributed by atoms with Gasteiger partial charge in [0.15, 0.2) is 29.4 Å². The highest BCUT2D eigenvalue weighted by atomic mass is 16.5. The molecule has 0 saturated carbocycles. The summed E-state index contributed by atoms with van der Waals surface area (Å²) in [7, 11) is 2.76. The van der Waals surface area contributed by atoms with Crippen LogP contribution in [0.3, 0.4) is 0 Å². The van der Waals surface area contributed by atoms with Crippen LogP contribution in [0.5, 0.6) is 17.2 Å². The smallest absolute Gasteiger partial charge is 0.241 e. The first-order chi connectivity index (χ1) is 20.0. The Labute approximate surface area is 242 Å². The number of hydrogen-bond donors (Lipinski definition) is 4. The van der Waals surface area contributed by atoms with Crippen molar-refractivity contribution in [3.63, 3.8) is 0 Å². The number of aldehydes is 1. The molecular weight excluding hydrogens is 546 g/mol. The number of rotatable bonds is 16. The molecule has 0 spiro atoms. The van der Waals surface area contributed by atoms with Gasteiger partial charge >= 0.3 is 0 Å². The lowest BCUT2D eigenvalue weighted by Gasteiger charge is -2.19. The average molecular weight is 580 g/mol. The Morgan fingerprint density at radius 2 is 1.62 bits per heavy atom.